The van der Waals surface area contributed by atoms with Crippen molar-refractivity contribution in [2.24, 2.45) is 0 Å². The number of nitrogens with one attached hydrogen (secondary N) is 1. The highest BCUT2D eigenvalue weighted by Crippen LogP contribution is 2.38. The summed E-state index contributed by atoms with van der Waals surface area (Å²) >= 11 is 0. The van der Waals surface area contributed by atoms with Crippen LogP contribution in [0, 0.1) is 0 Å². The quantitative estimate of drug-likeness (QED) is 0.630. The van der Waals surface area contributed by atoms with Crippen LogP contribution in [0.15, 0.2) is 18.2 Å². The van der Waals surface area contributed by atoms with E-state index in [0.29, 0.717) is 11.4 Å². The molecule has 0 radical (unpaired) electrons. The van der Waals surface area contributed by atoms with Crippen LogP contribution in [0.4, 0.5) is 17.1 Å². The number of carbonyl (C=O) groups is 1. The van der Waals surface area contributed by atoms with E-state index in [1.807, 2.05) is 37.9 Å². The Bertz CT molecular complexity index is 426. The number of nitrogen functional groups attached to an aromatic ring is 1. The molecule has 15 heavy (non-hydrogen) atoms. The predicted molar refractivity (Wildman–Crippen MR) is 62.0 cm³/mol. The third kappa shape index (κ3) is 1.25. The maximum absolute atomic E-state index is 11.8. The second-order valence-electron chi connectivity index (χ2n) is 4.31. The first-order chi connectivity index (χ1) is 6.94. The third-order valence-electron chi connectivity index (χ3n) is 3.07. The minimum Gasteiger partial charge on any atom is -0.397 e. The molecule has 1 aliphatic rings. The molecule has 3 N–H and O–H groups in total. The van der Waals surface area contributed by atoms with Crippen LogP contribution in [0.1, 0.15) is 13.8 Å². The van der Waals surface area contributed by atoms with E-state index >= 15 is 0 Å². The average Bonchev–Trinajstić information content (AvgIpc) is 2.18. The summed E-state index contributed by atoms with van der Waals surface area (Å²) < 4.78 is 0. The van der Waals surface area contributed by atoms with Crippen LogP contribution in [-0.2, 0) is 4.79 Å². The summed E-state index contributed by atoms with van der Waals surface area (Å²) in [5.41, 5.74) is 7.54. The first-order valence-corrected chi connectivity index (χ1v) is 4.88. The van der Waals surface area contributed by atoms with Crippen molar-refractivity contribution in [3.05, 3.63) is 18.2 Å². The summed E-state index contributed by atoms with van der Waals surface area (Å²) in [6.45, 7) is 3.77. The highest BCUT2D eigenvalue weighted by Gasteiger charge is 2.38. The van der Waals surface area contributed by atoms with Crippen molar-refractivity contribution in [3.63, 3.8) is 0 Å². The Hall–Kier alpha value is -1.71. The maximum Gasteiger partial charge on any atom is 0.249 e. The number of para-hydroxylation sites is 1. The van der Waals surface area contributed by atoms with Crippen molar-refractivity contribution >= 4 is 23.0 Å². The predicted octanol–water partition coefficient (Wildman–Crippen LogP) is 1.44. The lowest BCUT2D eigenvalue weighted by Gasteiger charge is -2.41. The normalized spacial score (nSPS) is 18.3. The number of hydrogen-bond donors (Lipinski definition) is 2. The van der Waals surface area contributed by atoms with Crippen molar-refractivity contribution in [1.29, 1.82) is 0 Å². The summed E-state index contributed by atoms with van der Waals surface area (Å²) in [5, 5.41) is 2.84. The van der Waals surface area contributed by atoms with Crippen LogP contribution in [0.5, 0.6) is 0 Å². The first kappa shape index (κ1) is 9.83. The van der Waals surface area contributed by atoms with Gasteiger partial charge < -0.3 is 16.0 Å². The number of nitrogens with two attached hydrogens (primary N) is 1. The van der Waals surface area contributed by atoms with Gasteiger partial charge in [-0.15, -0.1) is 0 Å². The van der Waals surface area contributed by atoms with E-state index in [-0.39, 0.29) is 5.91 Å². The van der Waals surface area contributed by atoms with Crippen molar-refractivity contribution in [2.75, 3.05) is 23.0 Å². The molecule has 0 saturated carbocycles. The van der Waals surface area contributed by atoms with E-state index in [9.17, 15) is 4.79 Å². The zero-order chi connectivity index (χ0) is 11.2. The third-order valence-corrected chi connectivity index (χ3v) is 3.07. The van der Waals surface area contributed by atoms with E-state index < -0.39 is 5.54 Å². The van der Waals surface area contributed by atoms with Gasteiger partial charge in [0.1, 0.15) is 5.54 Å². The van der Waals surface area contributed by atoms with E-state index in [1.165, 1.54) is 0 Å². The Morgan fingerprint density at radius 2 is 2.07 bits per heavy atom. The van der Waals surface area contributed by atoms with Gasteiger partial charge in [-0.2, -0.15) is 0 Å². The highest BCUT2D eigenvalue weighted by molar-refractivity contribution is 6.08. The molecular weight excluding hydrogens is 190 g/mol. The summed E-state index contributed by atoms with van der Waals surface area (Å²) in [6, 6.07) is 5.62. The van der Waals surface area contributed by atoms with Crippen LogP contribution in [-0.4, -0.2) is 18.5 Å². The van der Waals surface area contributed by atoms with Crippen LogP contribution >= 0.6 is 0 Å². The zero-order valence-electron chi connectivity index (χ0n) is 9.16. The van der Waals surface area contributed by atoms with Gasteiger partial charge in [-0.25, -0.2) is 0 Å². The molecule has 1 amide bonds. The van der Waals surface area contributed by atoms with Gasteiger partial charge in [0.15, 0.2) is 0 Å². The molecule has 0 fully saturated rings. The molecule has 1 aromatic rings. The fourth-order valence-corrected chi connectivity index (χ4v) is 1.69. The molecule has 2 rings (SSSR count). The van der Waals surface area contributed by atoms with Crippen LogP contribution in [0.25, 0.3) is 0 Å². The van der Waals surface area contributed by atoms with Crippen molar-refractivity contribution in [1.82, 2.24) is 0 Å². The van der Waals surface area contributed by atoms with Crippen molar-refractivity contribution < 1.29 is 4.79 Å². The van der Waals surface area contributed by atoms with Gasteiger partial charge in [-0.1, -0.05) is 6.07 Å². The number of benzene rings is 1. The van der Waals surface area contributed by atoms with E-state index in [1.54, 1.807) is 6.07 Å². The summed E-state index contributed by atoms with van der Waals surface area (Å²) in [6.07, 6.45) is 0. The lowest BCUT2D eigenvalue weighted by Crippen LogP contribution is -2.54. The molecule has 1 heterocycles. The van der Waals surface area contributed by atoms with E-state index in [2.05, 4.69) is 5.32 Å². The summed E-state index contributed by atoms with van der Waals surface area (Å²) in [5.74, 6) is -0.0320. The number of nitrogens with zero attached hydrogens (tertiary/aromatic N) is 1. The molecule has 4 nitrogen and oxygen atoms in total. The minimum absolute atomic E-state index is 0.0320. The Morgan fingerprint density at radius 3 is 2.73 bits per heavy atom. The van der Waals surface area contributed by atoms with Gasteiger partial charge in [0.2, 0.25) is 5.91 Å². The van der Waals surface area contributed by atoms with Gasteiger partial charge in [0.05, 0.1) is 17.1 Å². The highest BCUT2D eigenvalue weighted by atomic mass is 16.2. The lowest BCUT2D eigenvalue weighted by atomic mass is 9.97. The largest absolute Gasteiger partial charge is 0.397 e. The number of carbonyl (C=O) groups excluding carboxylic acids is 1. The molecule has 1 aliphatic heterocycles. The molecule has 0 saturated heterocycles. The van der Waals surface area contributed by atoms with Gasteiger partial charge in [-0.3, -0.25) is 4.79 Å². The van der Waals surface area contributed by atoms with Crippen LogP contribution in [0.3, 0.4) is 0 Å². The molecule has 0 aromatic heterocycles. The molecule has 0 aliphatic carbocycles. The lowest BCUT2D eigenvalue weighted by molar-refractivity contribution is -0.120. The SMILES string of the molecule is CN1c2cccc(N)c2NC(=O)C1(C)C. The number of anilines is 3. The van der Waals surface area contributed by atoms with Crippen LogP contribution in [0.2, 0.25) is 0 Å². The smallest absolute Gasteiger partial charge is 0.249 e. The molecule has 4 heteroatoms. The number of amides is 1. The van der Waals surface area contributed by atoms with E-state index in [4.69, 9.17) is 5.73 Å². The topological polar surface area (TPSA) is 58.4 Å². The fraction of sp³-hybridized carbons (Fsp3) is 0.364. The molecule has 0 spiro atoms. The zero-order valence-corrected chi connectivity index (χ0v) is 9.16. The van der Waals surface area contributed by atoms with Crippen LogP contribution < -0.4 is 16.0 Å². The Balaban J connectivity index is 2.61. The molecule has 0 bridgehead atoms. The molecule has 1 aromatic carbocycles. The molecule has 80 valence electrons. The monoisotopic (exact) mass is 205 g/mol. The van der Waals surface area contributed by atoms with Gasteiger partial charge in [0, 0.05) is 7.05 Å². The van der Waals surface area contributed by atoms with Gasteiger partial charge in [0.25, 0.3) is 0 Å². The molecule has 0 atom stereocenters. The van der Waals surface area contributed by atoms with Crippen molar-refractivity contribution in [2.45, 2.75) is 19.4 Å². The second kappa shape index (κ2) is 2.89. The maximum atomic E-state index is 11.8. The molecule has 0 unspecified atom stereocenters. The number of hydrogen-bond acceptors (Lipinski definition) is 3. The van der Waals surface area contributed by atoms with Gasteiger partial charge >= 0.3 is 0 Å². The standard InChI is InChI=1S/C11H15N3O/c1-11(2)10(15)13-9-7(12)5-4-6-8(9)14(11)3/h4-6H,12H2,1-3H3,(H,13,15). The fourth-order valence-electron chi connectivity index (χ4n) is 1.69. The van der Waals surface area contributed by atoms with Gasteiger partial charge in [-0.05, 0) is 26.0 Å². The average molecular weight is 205 g/mol. The second-order valence-corrected chi connectivity index (χ2v) is 4.31. The summed E-state index contributed by atoms with van der Waals surface area (Å²) in [4.78, 5) is 13.8. The number of likely N-dealkylation sites (N-methyl/N-ethyl adjacent to an activating group) is 1. The van der Waals surface area contributed by atoms with E-state index in [0.717, 1.165) is 5.69 Å². The Kier molecular flexibility index (Phi) is 1.89. The number of rotatable bonds is 0. The summed E-state index contributed by atoms with van der Waals surface area (Å²) in [7, 11) is 1.90. The first-order valence-electron chi connectivity index (χ1n) is 4.88. The Labute approximate surface area is 89.1 Å². The van der Waals surface area contributed by atoms with Crippen molar-refractivity contribution in [3.8, 4) is 0 Å². The minimum atomic E-state index is -0.541. The molecular formula is C11H15N3O. The number of fused-ring (bicyclic) bond motifs is 1. The Morgan fingerprint density at radius 1 is 1.40 bits per heavy atom.